The molecule has 1 nitrogen and oxygen atoms in total. The Bertz CT molecular complexity index is 404. The Morgan fingerprint density at radius 2 is 2.06 bits per heavy atom. The zero-order valence-corrected chi connectivity index (χ0v) is 9.84. The van der Waals surface area contributed by atoms with Crippen LogP contribution in [0.2, 0.25) is 5.02 Å². The smallest absolute Gasteiger partial charge is 0.300 e. The molecule has 0 fully saturated rings. The molecule has 0 N–H and O–H groups in total. The topological polar surface area (TPSA) is 17.1 Å². The molecule has 1 aromatic rings. The Morgan fingerprint density at radius 3 is 2.56 bits per heavy atom. The fraction of sp³-hybridized carbons (Fsp3) is 0.300. The molecule has 16 heavy (non-hydrogen) atoms. The van der Waals surface area contributed by atoms with E-state index in [4.69, 9.17) is 11.6 Å². The maximum Gasteiger partial charge on any atom is 0.446 e. The highest BCUT2D eigenvalue weighted by atomic mass is 35.5. The number of hydrogen-bond acceptors (Lipinski definition) is 2. The summed E-state index contributed by atoms with van der Waals surface area (Å²) in [7, 11) is 0. The first-order chi connectivity index (χ1) is 7.28. The first kappa shape index (κ1) is 13.4. The summed E-state index contributed by atoms with van der Waals surface area (Å²) in [5.74, 6) is -0.106. The molecule has 0 saturated carbocycles. The fourth-order valence-electron chi connectivity index (χ4n) is 1.15. The van der Waals surface area contributed by atoms with Crippen LogP contribution < -0.4 is 0 Å². The molecule has 0 aliphatic carbocycles. The van der Waals surface area contributed by atoms with Crippen LogP contribution in [0.4, 0.5) is 13.2 Å². The number of rotatable bonds is 3. The minimum absolute atomic E-state index is 0.0367. The fourth-order valence-corrected chi connectivity index (χ4v) is 2.01. The molecular weight excluding hydrogens is 261 g/mol. The molecule has 0 heterocycles. The number of ketones is 1. The second-order valence-corrected chi connectivity index (χ2v) is 4.71. The van der Waals surface area contributed by atoms with Crippen molar-refractivity contribution >= 4 is 29.1 Å². The maximum absolute atomic E-state index is 12.2. The number of thioether (sulfide) groups is 1. The molecule has 1 rings (SSSR count). The molecule has 0 spiro atoms. The van der Waals surface area contributed by atoms with Gasteiger partial charge in [0.05, 0.1) is 5.02 Å². The van der Waals surface area contributed by atoms with Gasteiger partial charge in [-0.15, -0.1) is 0 Å². The van der Waals surface area contributed by atoms with Gasteiger partial charge in [-0.1, -0.05) is 17.7 Å². The monoisotopic (exact) mass is 268 g/mol. The van der Waals surface area contributed by atoms with Crippen LogP contribution in [-0.2, 0) is 11.2 Å². The first-order valence-electron chi connectivity index (χ1n) is 4.31. The zero-order chi connectivity index (χ0) is 12.3. The molecule has 0 radical (unpaired) electrons. The molecule has 1 aromatic carbocycles. The van der Waals surface area contributed by atoms with Crippen molar-refractivity contribution < 1.29 is 18.0 Å². The van der Waals surface area contributed by atoms with Crippen LogP contribution in [0, 0.1) is 0 Å². The summed E-state index contributed by atoms with van der Waals surface area (Å²) < 4.78 is 36.5. The van der Waals surface area contributed by atoms with E-state index in [0.717, 1.165) is 0 Å². The van der Waals surface area contributed by atoms with E-state index >= 15 is 0 Å². The van der Waals surface area contributed by atoms with E-state index in [2.05, 4.69) is 0 Å². The summed E-state index contributed by atoms with van der Waals surface area (Å²) in [5.41, 5.74) is -3.85. The number of halogens is 4. The van der Waals surface area contributed by atoms with Gasteiger partial charge in [-0.25, -0.2) is 0 Å². The summed E-state index contributed by atoms with van der Waals surface area (Å²) in [6.07, 6.45) is 0.114. The van der Waals surface area contributed by atoms with E-state index in [1.54, 1.807) is 6.07 Å². The Balaban J connectivity index is 2.95. The molecule has 0 aliphatic heterocycles. The van der Waals surface area contributed by atoms with Crippen molar-refractivity contribution in [3.05, 3.63) is 28.8 Å². The van der Waals surface area contributed by atoms with E-state index in [1.807, 2.05) is 0 Å². The molecular formula is C10H8ClF3OS. The second-order valence-electron chi connectivity index (χ2n) is 3.19. The van der Waals surface area contributed by atoms with Crippen molar-refractivity contribution in [1.29, 1.82) is 0 Å². The minimum Gasteiger partial charge on any atom is -0.300 e. The van der Waals surface area contributed by atoms with E-state index in [-0.39, 0.29) is 33.9 Å². The quantitative estimate of drug-likeness (QED) is 0.768. The lowest BCUT2D eigenvalue weighted by atomic mass is 10.1. The molecule has 88 valence electrons. The maximum atomic E-state index is 12.2. The van der Waals surface area contributed by atoms with E-state index in [1.165, 1.54) is 19.1 Å². The van der Waals surface area contributed by atoms with Gasteiger partial charge >= 0.3 is 5.51 Å². The molecule has 0 unspecified atom stereocenters. The lowest BCUT2D eigenvalue weighted by molar-refractivity contribution is -0.116. The number of carbonyl (C=O) groups is 1. The predicted molar refractivity (Wildman–Crippen MR) is 57.7 cm³/mol. The molecule has 0 saturated heterocycles. The van der Waals surface area contributed by atoms with Crippen molar-refractivity contribution in [2.45, 2.75) is 23.7 Å². The lowest BCUT2D eigenvalue weighted by Gasteiger charge is -2.08. The number of benzene rings is 1. The summed E-state index contributed by atoms with van der Waals surface area (Å²) in [6, 6.07) is 4.21. The molecule has 0 amide bonds. The lowest BCUT2D eigenvalue weighted by Crippen LogP contribution is -2.01. The van der Waals surface area contributed by atoms with Crippen molar-refractivity contribution in [3.63, 3.8) is 0 Å². The van der Waals surface area contributed by atoms with Gasteiger partial charge in [0.1, 0.15) is 5.78 Å². The van der Waals surface area contributed by atoms with Crippen LogP contribution >= 0.6 is 23.4 Å². The third kappa shape index (κ3) is 4.45. The Morgan fingerprint density at radius 1 is 1.44 bits per heavy atom. The summed E-state index contributed by atoms with van der Waals surface area (Å²) in [6.45, 7) is 1.38. The normalized spacial score (nSPS) is 11.6. The number of hydrogen-bond donors (Lipinski definition) is 0. The Labute approximate surface area is 100.0 Å². The first-order valence-corrected chi connectivity index (χ1v) is 5.51. The van der Waals surface area contributed by atoms with Crippen molar-refractivity contribution in [3.8, 4) is 0 Å². The van der Waals surface area contributed by atoms with Crippen molar-refractivity contribution in [1.82, 2.24) is 0 Å². The van der Waals surface area contributed by atoms with Gasteiger partial charge in [-0.05, 0) is 36.4 Å². The summed E-state index contributed by atoms with van der Waals surface area (Å²) >= 11 is 5.36. The highest BCUT2D eigenvalue weighted by molar-refractivity contribution is 8.00. The highest BCUT2D eigenvalue weighted by Crippen LogP contribution is 2.40. The summed E-state index contributed by atoms with van der Waals surface area (Å²) in [4.78, 5) is 10.8. The molecule has 0 aliphatic rings. The van der Waals surface area contributed by atoms with Crippen LogP contribution in [0.1, 0.15) is 12.5 Å². The average molecular weight is 269 g/mol. The third-order valence-corrected chi connectivity index (χ3v) is 2.91. The van der Waals surface area contributed by atoms with Gasteiger partial charge < -0.3 is 0 Å². The van der Waals surface area contributed by atoms with E-state index in [9.17, 15) is 18.0 Å². The average Bonchev–Trinajstić information content (AvgIpc) is 2.07. The number of carbonyl (C=O) groups excluding carboxylic acids is 1. The van der Waals surface area contributed by atoms with Crippen molar-refractivity contribution in [2.24, 2.45) is 0 Å². The molecule has 0 aromatic heterocycles. The standard InChI is InChI=1S/C10H8ClF3OS/c1-6(15)4-7-2-3-8(11)9(5-7)16-10(12,13)14/h2-3,5H,4H2,1H3. The van der Waals surface area contributed by atoms with Crippen molar-refractivity contribution in [2.75, 3.05) is 0 Å². The van der Waals surface area contributed by atoms with Crippen LogP contribution in [0.15, 0.2) is 23.1 Å². The second kappa shape index (κ2) is 5.10. The van der Waals surface area contributed by atoms with E-state index in [0.29, 0.717) is 5.56 Å². The molecule has 0 atom stereocenters. The minimum atomic E-state index is -4.38. The van der Waals surface area contributed by atoms with Crippen LogP contribution in [0.25, 0.3) is 0 Å². The zero-order valence-electron chi connectivity index (χ0n) is 8.27. The van der Waals surface area contributed by atoms with Crippen LogP contribution in [0.3, 0.4) is 0 Å². The van der Waals surface area contributed by atoms with Gasteiger partial charge in [0.2, 0.25) is 0 Å². The van der Waals surface area contributed by atoms with Gasteiger partial charge in [0, 0.05) is 11.3 Å². The van der Waals surface area contributed by atoms with E-state index < -0.39 is 5.51 Å². The van der Waals surface area contributed by atoms with Gasteiger partial charge in [-0.3, -0.25) is 4.79 Å². The Kier molecular flexibility index (Phi) is 4.27. The third-order valence-electron chi connectivity index (χ3n) is 1.67. The number of Topliss-reactive ketones (excluding diaryl/α,β-unsaturated/α-hetero) is 1. The van der Waals surface area contributed by atoms with Crippen LogP contribution in [-0.4, -0.2) is 11.3 Å². The van der Waals surface area contributed by atoms with Crippen LogP contribution in [0.5, 0.6) is 0 Å². The SMILES string of the molecule is CC(=O)Cc1ccc(Cl)c(SC(F)(F)F)c1. The van der Waals surface area contributed by atoms with Gasteiger partial charge in [0.15, 0.2) is 0 Å². The van der Waals surface area contributed by atoms with Gasteiger partial charge in [0.25, 0.3) is 0 Å². The molecule has 6 heteroatoms. The predicted octanol–water partition coefficient (Wildman–Crippen LogP) is 4.08. The largest absolute Gasteiger partial charge is 0.446 e. The number of alkyl halides is 3. The Hall–Kier alpha value is -0.680. The summed E-state index contributed by atoms with van der Waals surface area (Å²) in [5, 5.41) is 0.0367. The highest BCUT2D eigenvalue weighted by Gasteiger charge is 2.30. The van der Waals surface area contributed by atoms with Gasteiger partial charge in [-0.2, -0.15) is 13.2 Å². The molecule has 0 bridgehead atoms.